The third-order valence-corrected chi connectivity index (χ3v) is 7.94. The van der Waals surface area contributed by atoms with E-state index in [1.165, 1.54) is 0 Å². The van der Waals surface area contributed by atoms with Gasteiger partial charge in [-0.25, -0.2) is 0 Å². The first kappa shape index (κ1) is 20.2. The molecule has 1 N–H and O–H groups in total. The number of anilines is 1. The van der Waals surface area contributed by atoms with Crippen LogP contribution in [0.4, 0.5) is 11.6 Å². The summed E-state index contributed by atoms with van der Waals surface area (Å²) in [6.45, 7) is 0. The van der Waals surface area contributed by atoms with Gasteiger partial charge in [-0.2, -0.15) is 4.68 Å². The number of hydrogen-bond donors (Lipinski definition) is 1. The Bertz CT molecular complexity index is 1060. The third kappa shape index (κ3) is 3.13. The average molecular weight is 515 g/mol. The molecule has 11 heteroatoms. The number of hydrogen-bond acceptors (Lipinski definition) is 5. The number of carbonyl (C=O) groups excluding carboxylic acids is 1. The van der Waals surface area contributed by atoms with E-state index in [0.29, 0.717) is 38.7 Å². The summed E-state index contributed by atoms with van der Waals surface area (Å²) in [5.74, 6) is 0.224. The lowest BCUT2D eigenvalue weighted by atomic mass is 9.46. The molecule has 0 unspecified atom stereocenters. The molecular weight excluding hydrogens is 497 g/mol. The van der Waals surface area contributed by atoms with E-state index < -0.39 is 21.8 Å². The summed E-state index contributed by atoms with van der Waals surface area (Å²) < 4.78 is 1.99. The molecule has 4 aliphatic rings. The molecule has 0 saturated heterocycles. The van der Waals surface area contributed by atoms with E-state index in [2.05, 4.69) is 31.3 Å². The zero-order chi connectivity index (χ0) is 21.3. The van der Waals surface area contributed by atoms with E-state index >= 15 is 0 Å². The van der Waals surface area contributed by atoms with E-state index in [1.54, 1.807) is 22.9 Å². The summed E-state index contributed by atoms with van der Waals surface area (Å²) in [4.78, 5) is 28.1. The van der Waals surface area contributed by atoms with Crippen LogP contribution >= 0.6 is 39.1 Å². The lowest BCUT2D eigenvalue weighted by Gasteiger charge is -2.60. The number of amides is 1. The molecule has 2 atom stereocenters. The summed E-state index contributed by atoms with van der Waals surface area (Å²) in [5.41, 5.74) is -0.535. The molecule has 6 rings (SSSR count). The van der Waals surface area contributed by atoms with Gasteiger partial charge in [0.15, 0.2) is 0 Å². The van der Waals surface area contributed by atoms with Gasteiger partial charge in [0.05, 0.1) is 21.7 Å². The molecule has 0 aliphatic heterocycles. The highest BCUT2D eigenvalue weighted by atomic mass is 79.9. The fourth-order valence-corrected chi connectivity index (χ4v) is 7.19. The number of rotatable bonds is 4. The van der Waals surface area contributed by atoms with E-state index in [9.17, 15) is 14.9 Å². The van der Waals surface area contributed by atoms with Crippen LogP contribution < -0.4 is 5.32 Å². The Hall–Kier alpha value is -1.71. The second-order valence-corrected chi connectivity index (χ2v) is 10.4. The van der Waals surface area contributed by atoms with E-state index in [-0.39, 0.29) is 5.91 Å². The molecule has 30 heavy (non-hydrogen) atoms. The van der Waals surface area contributed by atoms with Gasteiger partial charge in [-0.3, -0.25) is 4.79 Å². The predicted molar refractivity (Wildman–Crippen MR) is 115 cm³/mol. The molecule has 2 aromatic rings. The van der Waals surface area contributed by atoms with Crippen LogP contribution in [0, 0.1) is 27.4 Å². The number of benzene rings is 1. The minimum absolute atomic E-state index is 0.0733. The molecule has 1 amide bonds. The van der Waals surface area contributed by atoms with Crippen molar-refractivity contribution in [1.82, 2.24) is 14.8 Å². The van der Waals surface area contributed by atoms with Crippen LogP contribution in [0.3, 0.4) is 0 Å². The molecule has 4 bridgehead atoms. The Kier molecular flexibility index (Phi) is 4.65. The van der Waals surface area contributed by atoms with Crippen molar-refractivity contribution in [2.24, 2.45) is 17.3 Å². The van der Waals surface area contributed by atoms with Crippen molar-refractivity contribution >= 4 is 56.7 Å². The van der Waals surface area contributed by atoms with Gasteiger partial charge < -0.3 is 15.4 Å². The fourth-order valence-electron chi connectivity index (χ4n) is 6.24. The van der Waals surface area contributed by atoms with Gasteiger partial charge in [-0.15, -0.1) is 0 Å². The van der Waals surface area contributed by atoms with Crippen molar-refractivity contribution in [3.05, 3.63) is 43.1 Å². The average Bonchev–Trinajstić information content (AvgIpc) is 3.06. The van der Waals surface area contributed by atoms with Crippen molar-refractivity contribution in [3.63, 3.8) is 0 Å². The minimum atomic E-state index is -0.592. The van der Waals surface area contributed by atoms with Gasteiger partial charge in [0, 0.05) is 26.1 Å². The summed E-state index contributed by atoms with van der Waals surface area (Å²) in [6.07, 6.45) is 4.91. The van der Waals surface area contributed by atoms with Gasteiger partial charge in [0.1, 0.15) is 0 Å². The summed E-state index contributed by atoms with van der Waals surface area (Å²) in [6, 6.07) is 4.98. The Labute approximate surface area is 190 Å². The first-order valence-electron chi connectivity index (χ1n) is 9.74. The van der Waals surface area contributed by atoms with Crippen molar-refractivity contribution in [3.8, 4) is 0 Å². The molecule has 0 spiro atoms. The van der Waals surface area contributed by atoms with E-state index in [4.69, 9.17) is 23.2 Å². The van der Waals surface area contributed by atoms with Crippen LogP contribution in [0.15, 0.2) is 22.9 Å². The molecule has 4 saturated carbocycles. The zero-order valence-corrected chi connectivity index (χ0v) is 18.9. The molecule has 8 nitrogen and oxygen atoms in total. The highest BCUT2D eigenvalue weighted by Crippen LogP contribution is 2.64. The predicted octanol–water partition coefficient (Wildman–Crippen LogP) is 5.19. The third-order valence-electron chi connectivity index (χ3n) is 6.86. The molecule has 1 aromatic heterocycles. The van der Waals surface area contributed by atoms with Crippen LogP contribution in [0.1, 0.15) is 38.5 Å². The maximum atomic E-state index is 13.5. The van der Waals surface area contributed by atoms with Crippen LogP contribution in [0.2, 0.25) is 10.0 Å². The first-order chi connectivity index (χ1) is 14.2. The smallest absolute Gasteiger partial charge is 0.390 e. The molecular formula is C19H18BrCl2N5O3. The second-order valence-electron chi connectivity index (χ2n) is 8.89. The molecule has 158 valence electrons. The van der Waals surface area contributed by atoms with Gasteiger partial charge in [0.2, 0.25) is 5.91 Å². The topological polar surface area (TPSA) is 103 Å². The number of nitro groups is 1. The van der Waals surface area contributed by atoms with Crippen molar-refractivity contribution < 1.29 is 9.72 Å². The molecule has 4 aliphatic carbocycles. The van der Waals surface area contributed by atoms with Crippen molar-refractivity contribution in [2.45, 2.75) is 44.1 Å². The van der Waals surface area contributed by atoms with Gasteiger partial charge in [-0.05, 0) is 78.5 Å². The Morgan fingerprint density at radius 1 is 1.27 bits per heavy atom. The number of halogens is 3. The largest absolute Gasteiger partial charge is 0.492 e. The second kappa shape index (κ2) is 6.90. The van der Waals surface area contributed by atoms with Crippen LogP contribution in [0.25, 0.3) is 0 Å². The molecule has 1 heterocycles. The minimum Gasteiger partial charge on any atom is -0.390 e. The highest BCUT2D eigenvalue weighted by molar-refractivity contribution is 9.10. The van der Waals surface area contributed by atoms with Gasteiger partial charge in [-0.1, -0.05) is 23.2 Å². The highest BCUT2D eigenvalue weighted by Gasteiger charge is 2.63. The monoisotopic (exact) mass is 513 g/mol. The first-order valence-corrected chi connectivity index (χ1v) is 11.3. The van der Waals surface area contributed by atoms with Gasteiger partial charge >= 0.3 is 5.95 Å². The summed E-state index contributed by atoms with van der Waals surface area (Å²) in [5, 5.41) is 19.3. The normalized spacial score (nSPS) is 31.7. The maximum absolute atomic E-state index is 13.5. The quantitative estimate of drug-likeness (QED) is 0.446. The number of nitrogens with one attached hydrogen (secondary N) is 1. The maximum Gasteiger partial charge on any atom is 0.492 e. The Balaban J connectivity index is 1.50. The fraction of sp³-hybridized carbons (Fsp3) is 0.526. The summed E-state index contributed by atoms with van der Waals surface area (Å²) >= 11 is 15.7. The van der Waals surface area contributed by atoms with Gasteiger partial charge in [0.25, 0.3) is 4.73 Å². The van der Waals surface area contributed by atoms with E-state index in [1.807, 2.05) is 0 Å². The van der Waals surface area contributed by atoms with Crippen molar-refractivity contribution in [2.75, 3.05) is 5.32 Å². The Morgan fingerprint density at radius 2 is 1.97 bits per heavy atom. The molecule has 4 fully saturated rings. The lowest BCUT2D eigenvalue weighted by Crippen LogP contribution is -2.60. The molecule has 1 aromatic carbocycles. The lowest BCUT2D eigenvalue weighted by molar-refractivity contribution is -0.394. The van der Waals surface area contributed by atoms with Crippen LogP contribution in [0.5, 0.6) is 0 Å². The van der Waals surface area contributed by atoms with Crippen LogP contribution in [-0.2, 0) is 10.3 Å². The number of aromatic nitrogens is 3. The number of nitrogens with zero attached hydrogens (tertiary/aromatic N) is 4. The SMILES string of the molecule is O=C(Nc1cc(Cl)ccc1Cl)C12C[C@@H]3C[C@@H](C1)CC(n1nc([N+](=O)[O-])nc1Br)(C3)C2. The van der Waals surface area contributed by atoms with E-state index in [0.717, 1.165) is 32.1 Å². The summed E-state index contributed by atoms with van der Waals surface area (Å²) in [7, 11) is 0. The number of carbonyl (C=O) groups is 1. The zero-order valence-electron chi connectivity index (χ0n) is 15.8. The Morgan fingerprint density at radius 3 is 2.60 bits per heavy atom. The van der Waals surface area contributed by atoms with Crippen LogP contribution in [-0.4, -0.2) is 25.6 Å². The molecule has 0 radical (unpaired) electrons. The van der Waals surface area contributed by atoms with Crippen molar-refractivity contribution in [1.29, 1.82) is 0 Å². The standard InChI is InChI=1S/C19H18BrCl2N5O3/c20-16-24-17(27(29)30)25-26(16)19-7-10-3-11(8-19)6-18(5-10,9-19)15(28)23-14-4-12(21)1-2-13(14)22/h1-2,4,10-11H,3,5-9H2,(H,23,28)/t10-,11-,18?,19?/m0/s1.